The van der Waals surface area contributed by atoms with E-state index in [4.69, 9.17) is 0 Å². The van der Waals surface area contributed by atoms with Crippen LogP contribution in [0.15, 0.2) is 79.1 Å². The van der Waals surface area contributed by atoms with Crippen LogP contribution in [0.3, 0.4) is 0 Å². The Kier molecular flexibility index (Phi) is 3.59. The Morgan fingerprint density at radius 3 is 2.54 bits per heavy atom. The average molecular weight is 316 g/mol. The predicted octanol–water partition coefficient (Wildman–Crippen LogP) is 3.68. The van der Waals surface area contributed by atoms with Crippen LogP contribution in [0.2, 0.25) is 0 Å². The van der Waals surface area contributed by atoms with Crippen molar-refractivity contribution < 1.29 is 4.79 Å². The standard InChI is InChI=1S/C19H16N4O/c24-19-16-10-4-5-11-17(16)21-18(14-7-6-12-20-13-14)23(19)22-15-8-2-1-3-9-15/h1-13,18,21-22H. The Hall–Kier alpha value is -3.34. The Balaban J connectivity index is 1.76. The zero-order valence-electron chi connectivity index (χ0n) is 12.9. The maximum atomic E-state index is 13.0. The minimum atomic E-state index is -0.346. The van der Waals surface area contributed by atoms with E-state index in [0.717, 1.165) is 16.9 Å². The summed E-state index contributed by atoms with van der Waals surface area (Å²) in [4.78, 5) is 17.2. The SMILES string of the molecule is O=C1c2ccccc2NC(c2cccnc2)N1Nc1ccccc1. The van der Waals surface area contributed by atoms with E-state index in [9.17, 15) is 4.79 Å². The van der Waals surface area contributed by atoms with Crippen molar-refractivity contribution >= 4 is 17.3 Å². The molecule has 0 saturated carbocycles. The Morgan fingerprint density at radius 2 is 1.75 bits per heavy atom. The molecule has 0 fully saturated rings. The fraction of sp³-hybridized carbons (Fsp3) is 0.0526. The molecule has 118 valence electrons. The van der Waals surface area contributed by atoms with E-state index in [1.165, 1.54) is 0 Å². The normalized spacial score (nSPS) is 16.2. The molecule has 1 amide bonds. The second-order valence-corrected chi connectivity index (χ2v) is 5.53. The lowest BCUT2D eigenvalue weighted by atomic mass is 10.1. The molecule has 0 bridgehead atoms. The fourth-order valence-corrected chi connectivity index (χ4v) is 2.79. The van der Waals surface area contributed by atoms with Gasteiger partial charge in [-0.05, 0) is 30.3 Å². The van der Waals surface area contributed by atoms with Crippen molar-refractivity contribution in [1.82, 2.24) is 9.99 Å². The molecule has 0 spiro atoms. The van der Waals surface area contributed by atoms with E-state index in [2.05, 4.69) is 15.7 Å². The van der Waals surface area contributed by atoms with Gasteiger partial charge in [0.2, 0.25) is 0 Å². The van der Waals surface area contributed by atoms with Crippen LogP contribution in [-0.2, 0) is 0 Å². The summed E-state index contributed by atoms with van der Waals surface area (Å²) in [6, 6.07) is 21.0. The first kappa shape index (κ1) is 14.3. The van der Waals surface area contributed by atoms with Gasteiger partial charge >= 0.3 is 0 Å². The topological polar surface area (TPSA) is 57.3 Å². The van der Waals surface area contributed by atoms with Crippen molar-refractivity contribution in [2.24, 2.45) is 0 Å². The monoisotopic (exact) mass is 316 g/mol. The lowest BCUT2D eigenvalue weighted by Crippen LogP contribution is -2.46. The number of amides is 1. The van der Waals surface area contributed by atoms with Crippen LogP contribution in [0, 0.1) is 0 Å². The largest absolute Gasteiger partial charge is 0.359 e. The van der Waals surface area contributed by atoms with E-state index in [1.807, 2.05) is 66.7 Å². The van der Waals surface area contributed by atoms with E-state index in [0.29, 0.717) is 5.56 Å². The van der Waals surface area contributed by atoms with E-state index < -0.39 is 0 Å². The average Bonchev–Trinajstić information content (AvgIpc) is 2.65. The summed E-state index contributed by atoms with van der Waals surface area (Å²) in [5.41, 5.74) is 6.43. The third-order valence-electron chi connectivity index (χ3n) is 3.95. The summed E-state index contributed by atoms with van der Waals surface area (Å²) in [7, 11) is 0. The molecule has 1 aliphatic rings. The number of carbonyl (C=O) groups excluding carboxylic acids is 1. The molecule has 2 N–H and O–H groups in total. The van der Waals surface area contributed by atoms with Crippen molar-refractivity contribution in [2.45, 2.75) is 6.17 Å². The number of carbonyl (C=O) groups is 1. The highest BCUT2D eigenvalue weighted by Crippen LogP contribution is 2.32. The van der Waals surface area contributed by atoms with Crippen molar-refractivity contribution in [3.05, 3.63) is 90.3 Å². The van der Waals surface area contributed by atoms with Crippen LogP contribution in [0.4, 0.5) is 11.4 Å². The Morgan fingerprint density at radius 1 is 0.958 bits per heavy atom. The van der Waals surface area contributed by atoms with Gasteiger partial charge in [0.05, 0.1) is 11.3 Å². The number of nitrogens with one attached hydrogen (secondary N) is 2. The van der Waals surface area contributed by atoms with Crippen LogP contribution >= 0.6 is 0 Å². The molecule has 1 aliphatic heterocycles. The highest BCUT2D eigenvalue weighted by Gasteiger charge is 2.33. The highest BCUT2D eigenvalue weighted by atomic mass is 16.2. The molecular formula is C19H16N4O. The Labute approximate surface area is 139 Å². The summed E-state index contributed by atoms with van der Waals surface area (Å²) in [6.45, 7) is 0. The van der Waals surface area contributed by atoms with Crippen molar-refractivity contribution in [3.8, 4) is 0 Å². The van der Waals surface area contributed by atoms with Gasteiger partial charge in [0.15, 0.2) is 0 Å². The van der Waals surface area contributed by atoms with Gasteiger partial charge in [-0.2, -0.15) is 0 Å². The third-order valence-corrected chi connectivity index (χ3v) is 3.95. The first-order valence-electron chi connectivity index (χ1n) is 7.74. The molecule has 4 rings (SSSR count). The molecule has 5 nitrogen and oxygen atoms in total. The van der Waals surface area contributed by atoms with Crippen LogP contribution in [-0.4, -0.2) is 15.9 Å². The van der Waals surface area contributed by atoms with Crippen molar-refractivity contribution in [2.75, 3.05) is 10.7 Å². The molecule has 5 heteroatoms. The number of rotatable bonds is 3. The second kappa shape index (κ2) is 6.04. The third kappa shape index (κ3) is 2.56. The van der Waals surface area contributed by atoms with Crippen LogP contribution in [0.25, 0.3) is 0 Å². The van der Waals surface area contributed by atoms with Crippen LogP contribution in [0.1, 0.15) is 22.1 Å². The number of pyridine rings is 1. The number of nitrogens with zero attached hydrogens (tertiary/aromatic N) is 2. The molecule has 0 radical (unpaired) electrons. The number of para-hydroxylation sites is 2. The van der Waals surface area contributed by atoms with Gasteiger partial charge in [-0.3, -0.25) is 15.2 Å². The minimum absolute atomic E-state index is 0.0814. The maximum Gasteiger partial charge on any atom is 0.276 e. The summed E-state index contributed by atoms with van der Waals surface area (Å²) >= 11 is 0. The molecule has 0 saturated heterocycles. The number of hydrogen-bond donors (Lipinski definition) is 2. The first-order chi connectivity index (χ1) is 11.8. The Bertz CT molecular complexity index is 852. The molecule has 3 aromatic rings. The molecule has 2 heterocycles. The molecule has 1 aromatic heterocycles. The lowest BCUT2D eigenvalue weighted by molar-refractivity contribution is 0.0733. The van der Waals surface area contributed by atoms with Gasteiger partial charge in [-0.15, -0.1) is 0 Å². The zero-order valence-corrected chi connectivity index (χ0v) is 12.9. The lowest BCUT2D eigenvalue weighted by Gasteiger charge is -2.38. The minimum Gasteiger partial charge on any atom is -0.359 e. The van der Waals surface area contributed by atoms with Gasteiger partial charge in [0, 0.05) is 23.6 Å². The van der Waals surface area contributed by atoms with Gasteiger partial charge < -0.3 is 5.32 Å². The molecule has 1 atom stereocenters. The van der Waals surface area contributed by atoms with Crippen molar-refractivity contribution in [1.29, 1.82) is 0 Å². The zero-order chi connectivity index (χ0) is 16.4. The quantitative estimate of drug-likeness (QED) is 0.774. The molecule has 0 aliphatic carbocycles. The molecule has 1 unspecified atom stereocenters. The molecule has 24 heavy (non-hydrogen) atoms. The second-order valence-electron chi connectivity index (χ2n) is 5.53. The summed E-state index contributed by atoms with van der Waals surface area (Å²) < 4.78 is 0. The highest BCUT2D eigenvalue weighted by molar-refractivity contribution is 6.02. The predicted molar refractivity (Wildman–Crippen MR) is 93.3 cm³/mol. The van der Waals surface area contributed by atoms with E-state index in [1.54, 1.807) is 17.4 Å². The maximum absolute atomic E-state index is 13.0. The van der Waals surface area contributed by atoms with E-state index in [-0.39, 0.29) is 12.1 Å². The van der Waals surface area contributed by atoms with Gasteiger partial charge in [0.25, 0.3) is 5.91 Å². The summed E-state index contributed by atoms with van der Waals surface area (Å²) in [5, 5.41) is 5.02. The van der Waals surface area contributed by atoms with Crippen molar-refractivity contribution in [3.63, 3.8) is 0 Å². The number of anilines is 2. The van der Waals surface area contributed by atoms with Crippen LogP contribution < -0.4 is 10.7 Å². The van der Waals surface area contributed by atoms with E-state index >= 15 is 0 Å². The fourth-order valence-electron chi connectivity index (χ4n) is 2.79. The smallest absolute Gasteiger partial charge is 0.276 e. The van der Waals surface area contributed by atoms with Gasteiger partial charge in [-0.1, -0.05) is 36.4 Å². The number of hydrazine groups is 1. The van der Waals surface area contributed by atoms with Gasteiger partial charge in [0.1, 0.15) is 6.17 Å². The molecular weight excluding hydrogens is 300 g/mol. The summed E-state index contributed by atoms with van der Waals surface area (Å²) in [5.74, 6) is -0.0814. The van der Waals surface area contributed by atoms with Crippen LogP contribution in [0.5, 0.6) is 0 Å². The molecule has 2 aromatic carbocycles. The number of hydrogen-bond acceptors (Lipinski definition) is 4. The number of fused-ring (bicyclic) bond motifs is 1. The summed E-state index contributed by atoms with van der Waals surface area (Å²) in [6.07, 6.45) is 3.14. The first-order valence-corrected chi connectivity index (χ1v) is 7.74. The number of aromatic nitrogens is 1. The number of benzene rings is 2. The van der Waals surface area contributed by atoms with Gasteiger partial charge in [-0.25, -0.2) is 5.01 Å².